The van der Waals surface area contributed by atoms with Crippen LogP contribution in [0.2, 0.25) is 5.15 Å². The van der Waals surface area contributed by atoms with Crippen LogP contribution in [0.5, 0.6) is 0 Å². The maximum absolute atomic E-state index is 12.5. The van der Waals surface area contributed by atoms with E-state index in [1.54, 1.807) is 12.1 Å². The Hall–Kier alpha value is -2.07. The molecule has 0 saturated carbocycles. The van der Waals surface area contributed by atoms with Crippen LogP contribution < -0.4 is 10.2 Å². The van der Waals surface area contributed by atoms with Crippen LogP contribution in [0.3, 0.4) is 0 Å². The zero-order valence-electron chi connectivity index (χ0n) is 13.2. The molecule has 2 aromatic rings. The molecule has 22 heavy (non-hydrogen) atoms. The minimum absolute atomic E-state index is 0.194. The number of halogens is 1. The van der Waals surface area contributed by atoms with Crippen molar-refractivity contribution in [1.82, 2.24) is 4.98 Å². The number of nitrogens with zero attached hydrogens (tertiary/aromatic N) is 2. The highest BCUT2D eigenvalue weighted by Gasteiger charge is 2.13. The van der Waals surface area contributed by atoms with Crippen LogP contribution >= 0.6 is 11.6 Å². The van der Waals surface area contributed by atoms with E-state index in [9.17, 15) is 4.79 Å². The normalized spacial score (nSPS) is 10.6. The molecule has 0 aliphatic carbocycles. The number of pyridine rings is 1. The summed E-state index contributed by atoms with van der Waals surface area (Å²) in [6.45, 7) is 4.19. The fourth-order valence-electron chi connectivity index (χ4n) is 2.15. The number of carbonyl (C=O) groups is 1. The Bertz CT molecular complexity index is 683. The van der Waals surface area contributed by atoms with E-state index < -0.39 is 0 Å². The highest BCUT2D eigenvalue weighted by Crippen LogP contribution is 2.25. The van der Waals surface area contributed by atoms with Gasteiger partial charge in [-0.2, -0.15) is 0 Å². The first kappa shape index (κ1) is 16.3. The number of hydrogen-bond donors (Lipinski definition) is 1. The molecule has 5 heteroatoms. The number of anilines is 2. The van der Waals surface area contributed by atoms with Gasteiger partial charge in [-0.05, 0) is 29.7 Å². The summed E-state index contributed by atoms with van der Waals surface area (Å²) in [5.41, 5.74) is 2.41. The van der Waals surface area contributed by atoms with E-state index >= 15 is 0 Å². The van der Waals surface area contributed by atoms with Crippen LogP contribution in [-0.2, 0) is 0 Å². The van der Waals surface area contributed by atoms with E-state index in [0.717, 1.165) is 11.3 Å². The van der Waals surface area contributed by atoms with Gasteiger partial charge >= 0.3 is 0 Å². The Morgan fingerprint density at radius 2 is 1.91 bits per heavy atom. The van der Waals surface area contributed by atoms with Gasteiger partial charge in [-0.3, -0.25) is 4.79 Å². The molecular formula is C17H20ClN3O. The summed E-state index contributed by atoms with van der Waals surface area (Å²) < 4.78 is 0. The van der Waals surface area contributed by atoms with Crippen molar-refractivity contribution in [3.63, 3.8) is 0 Å². The molecule has 2 rings (SSSR count). The third-order valence-electron chi connectivity index (χ3n) is 3.33. The van der Waals surface area contributed by atoms with Gasteiger partial charge in [0.2, 0.25) is 0 Å². The third kappa shape index (κ3) is 3.77. The first-order chi connectivity index (χ1) is 10.4. The SMILES string of the molecule is CC(C)c1ccccc1NC(=O)c1cc(Cl)nc(N(C)C)c1. The molecule has 0 aliphatic heterocycles. The molecule has 0 bridgehead atoms. The molecule has 4 nitrogen and oxygen atoms in total. The Labute approximate surface area is 136 Å². The smallest absolute Gasteiger partial charge is 0.255 e. The van der Waals surface area contributed by atoms with Crippen LogP contribution in [0.15, 0.2) is 36.4 Å². The summed E-state index contributed by atoms with van der Waals surface area (Å²) in [7, 11) is 3.71. The molecule has 0 saturated heterocycles. The number of aromatic nitrogens is 1. The maximum Gasteiger partial charge on any atom is 0.255 e. The number of para-hydroxylation sites is 1. The fraction of sp³-hybridized carbons (Fsp3) is 0.294. The molecular weight excluding hydrogens is 298 g/mol. The van der Waals surface area contributed by atoms with Gasteiger partial charge in [-0.1, -0.05) is 43.6 Å². The molecule has 1 N–H and O–H groups in total. The van der Waals surface area contributed by atoms with Crippen molar-refractivity contribution in [1.29, 1.82) is 0 Å². The lowest BCUT2D eigenvalue weighted by molar-refractivity contribution is 0.102. The van der Waals surface area contributed by atoms with Crippen LogP contribution in [0.1, 0.15) is 35.7 Å². The van der Waals surface area contributed by atoms with Gasteiger partial charge < -0.3 is 10.2 Å². The minimum atomic E-state index is -0.194. The number of nitrogens with one attached hydrogen (secondary N) is 1. The Morgan fingerprint density at radius 3 is 2.55 bits per heavy atom. The lowest BCUT2D eigenvalue weighted by atomic mass is 10.0. The summed E-state index contributed by atoms with van der Waals surface area (Å²) in [6, 6.07) is 11.1. The molecule has 0 unspecified atom stereocenters. The van der Waals surface area contributed by atoms with E-state index in [1.807, 2.05) is 43.3 Å². The van der Waals surface area contributed by atoms with Crippen molar-refractivity contribution in [3.8, 4) is 0 Å². The summed E-state index contributed by atoms with van der Waals surface area (Å²) in [4.78, 5) is 18.5. The van der Waals surface area contributed by atoms with Gasteiger partial charge in [-0.25, -0.2) is 4.98 Å². The second kappa shape index (κ2) is 6.79. The molecule has 0 spiro atoms. The maximum atomic E-state index is 12.5. The molecule has 0 fully saturated rings. The number of rotatable bonds is 4. The van der Waals surface area contributed by atoms with Crippen LogP contribution in [0, 0.1) is 0 Å². The predicted octanol–water partition coefficient (Wildman–Crippen LogP) is 4.18. The third-order valence-corrected chi connectivity index (χ3v) is 3.53. The van der Waals surface area contributed by atoms with Crippen molar-refractivity contribution in [2.75, 3.05) is 24.3 Å². The molecule has 1 amide bonds. The minimum Gasteiger partial charge on any atom is -0.363 e. The van der Waals surface area contributed by atoms with E-state index in [1.165, 1.54) is 0 Å². The Kier molecular flexibility index (Phi) is 5.03. The van der Waals surface area contributed by atoms with Crippen molar-refractivity contribution >= 4 is 29.0 Å². The Balaban J connectivity index is 2.30. The van der Waals surface area contributed by atoms with Gasteiger partial charge in [0.05, 0.1) is 0 Å². The molecule has 1 heterocycles. The monoisotopic (exact) mass is 317 g/mol. The van der Waals surface area contributed by atoms with Gasteiger partial charge in [0.1, 0.15) is 11.0 Å². The second-order valence-corrected chi connectivity index (χ2v) is 6.01. The van der Waals surface area contributed by atoms with Gasteiger partial charge in [0.25, 0.3) is 5.91 Å². The van der Waals surface area contributed by atoms with E-state index in [-0.39, 0.29) is 5.91 Å². The summed E-state index contributed by atoms with van der Waals surface area (Å²) in [6.07, 6.45) is 0. The van der Waals surface area contributed by atoms with Crippen LogP contribution in [0.25, 0.3) is 0 Å². The van der Waals surface area contributed by atoms with Crippen molar-refractivity contribution in [2.24, 2.45) is 0 Å². The van der Waals surface area contributed by atoms with E-state index in [0.29, 0.717) is 22.5 Å². The average Bonchev–Trinajstić information content (AvgIpc) is 2.46. The molecule has 1 aromatic carbocycles. The van der Waals surface area contributed by atoms with Gasteiger partial charge in [0, 0.05) is 25.3 Å². The molecule has 0 radical (unpaired) electrons. The van der Waals surface area contributed by atoms with Gasteiger partial charge in [-0.15, -0.1) is 0 Å². The topological polar surface area (TPSA) is 45.2 Å². The first-order valence-corrected chi connectivity index (χ1v) is 7.51. The highest BCUT2D eigenvalue weighted by molar-refractivity contribution is 6.30. The second-order valence-electron chi connectivity index (χ2n) is 5.63. The summed E-state index contributed by atoms with van der Waals surface area (Å²) in [5, 5.41) is 3.26. The van der Waals surface area contributed by atoms with E-state index in [4.69, 9.17) is 11.6 Å². The zero-order chi connectivity index (χ0) is 16.3. The van der Waals surface area contributed by atoms with Crippen LogP contribution in [-0.4, -0.2) is 25.0 Å². The lowest BCUT2D eigenvalue weighted by Gasteiger charge is -2.15. The molecule has 1 aromatic heterocycles. The average molecular weight is 318 g/mol. The van der Waals surface area contributed by atoms with Crippen LogP contribution in [0.4, 0.5) is 11.5 Å². The first-order valence-electron chi connectivity index (χ1n) is 7.13. The Morgan fingerprint density at radius 1 is 1.23 bits per heavy atom. The number of amides is 1. The van der Waals surface area contributed by atoms with Gasteiger partial charge in [0.15, 0.2) is 0 Å². The quantitative estimate of drug-likeness (QED) is 0.860. The molecule has 116 valence electrons. The van der Waals surface area contributed by atoms with Crippen molar-refractivity contribution < 1.29 is 4.79 Å². The standard InChI is InChI=1S/C17H20ClN3O/c1-11(2)13-7-5-6-8-14(13)19-17(22)12-9-15(18)20-16(10-12)21(3)4/h5-11H,1-4H3,(H,19,22). The van der Waals surface area contributed by atoms with Crippen molar-refractivity contribution in [3.05, 3.63) is 52.7 Å². The lowest BCUT2D eigenvalue weighted by Crippen LogP contribution is -2.16. The molecule has 0 atom stereocenters. The largest absolute Gasteiger partial charge is 0.363 e. The number of carbonyl (C=O) groups excluding carboxylic acids is 1. The summed E-state index contributed by atoms with van der Waals surface area (Å²) in [5.74, 6) is 0.783. The number of hydrogen-bond acceptors (Lipinski definition) is 3. The van der Waals surface area contributed by atoms with Crippen molar-refractivity contribution in [2.45, 2.75) is 19.8 Å². The fourth-order valence-corrected chi connectivity index (χ4v) is 2.36. The van der Waals surface area contributed by atoms with E-state index in [2.05, 4.69) is 24.1 Å². The molecule has 0 aliphatic rings. The zero-order valence-corrected chi connectivity index (χ0v) is 14.0. The highest BCUT2D eigenvalue weighted by atomic mass is 35.5. The predicted molar refractivity (Wildman–Crippen MR) is 92.1 cm³/mol. The number of benzene rings is 1. The summed E-state index contributed by atoms with van der Waals surface area (Å²) >= 11 is 6.01.